The van der Waals surface area contributed by atoms with E-state index >= 15 is 0 Å². The van der Waals surface area contributed by atoms with Crippen LogP contribution in [-0.2, 0) is 9.59 Å². The third-order valence-electron chi connectivity index (χ3n) is 5.31. The van der Waals surface area contributed by atoms with Gasteiger partial charge in [-0.2, -0.15) is 0 Å². The van der Waals surface area contributed by atoms with E-state index in [1.807, 2.05) is 16.7 Å². The van der Waals surface area contributed by atoms with Gasteiger partial charge >= 0.3 is 0 Å². The van der Waals surface area contributed by atoms with Crippen LogP contribution in [0.25, 0.3) is 0 Å². The summed E-state index contributed by atoms with van der Waals surface area (Å²) >= 11 is 0. The Bertz CT molecular complexity index is 450. The van der Waals surface area contributed by atoms with Crippen LogP contribution >= 0.6 is 0 Å². The molecule has 0 bridgehead atoms. The van der Waals surface area contributed by atoms with Crippen molar-refractivity contribution in [2.45, 2.75) is 50.7 Å². The highest BCUT2D eigenvalue weighted by Gasteiger charge is 2.50. The molecule has 2 saturated heterocycles. The van der Waals surface area contributed by atoms with E-state index in [2.05, 4.69) is 11.9 Å². The van der Waals surface area contributed by atoms with Crippen molar-refractivity contribution in [3.05, 3.63) is 12.7 Å². The molecule has 21 heavy (non-hydrogen) atoms. The molecule has 3 fully saturated rings. The van der Waals surface area contributed by atoms with E-state index in [9.17, 15) is 9.59 Å². The van der Waals surface area contributed by atoms with Gasteiger partial charge in [-0.15, -0.1) is 6.58 Å². The highest BCUT2D eigenvalue weighted by Crippen LogP contribution is 2.34. The average Bonchev–Trinajstić information content (AvgIpc) is 2.63. The highest BCUT2D eigenvalue weighted by atomic mass is 16.2. The minimum absolute atomic E-state index is 0.140. The van der Waals surface area contributed by atoms with Crippen LogP contribution in [0.1, 0.15) is 39.0 Å². The summed E-state index contributed by atoms with van der Waals surface area (Å²) in [5.74, 6) is 0.734. The number of nitrogens with zero attached hydrogens (tertiary/aromatic N) is 2. The minimum atomic E-state index is -0.277. The van der Waals surface area contributed by atoms with Gasteiger partial charge in [0.15, 0.2) is 0 Å². The van der Waals surface area contributed by atoms with Crippen molar-refractivity contribution in [2.24, 2.45) is 5.92 Å². The van der Waals surface area contributed by atoms with Crippen LogP contribution < -0.4 is 5.32 Å². The molecule has 116 valence electrons. The lowest BCUT2D eigenvalue weighted by Crippen LogP contribution is -2.60. The van der Waals surface area contributed by atoms with Crippen LogP contribution in [-0.4, -0.2) is 53.0 Å². The number of likely N-dealkylation sites (tertiary alicyclic amines) is 1. The molecule has 0 aromatic rings. The molecular weight excluding hydrogens is 266 g/mol. The summed E-state index contributed by atoms with van der Waals surface area (Å²) in [5, 5.41) is 3.46. The predicted octanol–water partition coefficient (Wildman–Crippen LogP) is 1.11. The zero-order valence-electron chi connectivity index (χ0n) is 12.8. The van der Waals surface area contributed by atoms with E-state index in [1.165, 1.54) is 6.42 Å². The number of hydrogen-bond acceptors (Lipinski definition) is 3. The van der Waals surface area contributed by atoms with E-state index in [-0.39, 0.29) is 23.5 Å². The summed E-state index contributed by atoms with van der Waals surface area (Å²) in [6, 6.07) is -0.140. The first-order valence-corrected chi connectivity index (χ1v) is 8.06. The molecule has 2 aliphatic heterocycles. The molecule has 1 N–H and O–H groups in total. The van der Waals surface area contributed by atoms with Crippen LogP contribution in [0.3, 0.4) is 0 Å². The van der Waals surface area contributed by atoms with Crippen molar-refractivity contribution in [1.82, 2.24) is 15.1 Å². The first-order valence-electron chi connectivity index (χ1n) is 8.06. The monoisotopic (exact) mass is 291 g/mol. The molecule has 1 saturated carbocycles. The number of hydrogen-bond donors (Lipinski definition) is 1. The summed E-state index contributed by atoms with van der Waals surface area (Å²) in [4.78, 5) is 28.5. The molecule has 1 atom stereocenters. The first kappa shape index (κ1) is 14.6. The zero-order valence-corrected chi connectivity index (χ0v) is 12.8. The predicted molar refractivity (Wildman–Crippen MR) is 80.4 cm³/mol. The molecule has 0 aromatic carbocycles. The second-order valence-corrected chi connectivity index (χ2v) is 6.59. The molecule has 2 amide bonds. The zero-order chi connectivity index (χ0) is 15.0. The molecule has 5 nitrogen and oxygen atoms in total. The summed E-state index contributed by atoms with van der Waals surface area (Å²) < 4.78 is 0. The van der Waals surface area contributed by atoms with Crippen molar-refractivity contribution in [3.63, 3.8) is 0 Å². The Kier molecular flexibility index (Phi) is 3.78. The fourth-order valence-electron chi connectivity index (χ4n) is 3.81. The number of amides is 2. The minimum Gasteiger partial charge on any atom is -0.342 e. The van der Waals surface area contributed by atoms with Crippen molar-refractivity contribution >= 4 is 11.8 Å². The van der Waals surface area contributed by atoms with Gasteiger partial charge in [0.1, 0.15) is 0 Å². The molecule has 1 spiro atoms. The topological polar surface area (TPSA) is 52.7 Å². The Balaban J connectivity index is 1.66. The Morgan fingerprint density at radius 2 is 2.10 bits per heavy atom. The molecule has 1 aliphatic carbocycles. The van der Waals surface area contributed by atoms with Crippen LogP contribution in [0.4, 0.5) is 0 Å². The Labute approximate surface area is 126 Å². The van der Waals surface area contributed by atoms with Gasteiger partial charge in [-0.3, -0.25) is 14.9 Å². The van der Waals surface area contributed by atoms with Gasteiger partial charge in [-0.05, 0) is 19.8 Å². The van der Waals surface area contributed by atoms with Crippen LogP contribution in [0, 0.1) is 5.92 Å². The summed E-state index contributed by atoms with van der Waals surface area (Å²) in [6.07, 6.45) is 6.71. The van der Waals surface area contributed by atoms with Crippen molar-refractivity contribution in [3.8, 4) is 0 Å². The second-order valence-electron chi connectivity index (χ2n) is 6.59. The quantitative estimate of drug-likeness (QED) is 0.793. The largest absolute Gasteiger partial charge is 0.342 e. The van der Waals surface area contributed by atoms with Gasteiger partial charge in [0.05, 0.1) is 11.7 Å². The molecule has 5 heteroatoms. The number of carbonyl (C=O) groups is 2. The van der Waals surface area contributed by atoms with Crippen molar-refractivity contribution < 1.29 is 9.59 Å². The van der Waals surface area contributed by atoms with Crippen LogP contribution in [0.5, 0.6) is 0 Å². The van der Waals surface area contributed by atoms with Gasteiger partial charge in [0.25, 0.3) is 0 Å². The number of piperidine rings is 1. The van der Waals surface area contributed by atoms with Gasteiger partial charge < -0.3 is 9.80 Å². The molecule has 1 unspecified atom stereocenters. The molecular formula is C16H25N3O2. The first-order chi connectivity index (χ1) is 10.1. The Morgan fingerprint density at radius 1 is 1.43 bits per heavy atom. The molecule has 2 heterocycles. The van der Waals surface area contributed by atoms with Gasteiger partial charge in [0.2, 0.25) is 11.8 Å². The number of nitrogens with one attached hydrogen (secondary N) is 1. The Hall–Kier alpha value is -1.36. The average molecular weight is 291 g/mol. The van der Waals surface area contributed by atoms with E-state index < -0.39 is 0 Å². The maximum atomic E-state index is 12.3. The van der Waals surface area contributed by atoms with E-state index in [0.717, 1.165) is 38.8 Å². The summed E-state index contributed by atoms with van der Waals surface area (Å²) in [7, 11) is 0. The normalized spacial score (nSPS) is 28.8. The fourth-order valence-corrected chi connectivity index (χ4v) is 3.81. The van der Waals surface area contributed by atoms with Crippen LogP contribution in [0.2, 0.25) is 0 Å². The molecule has 0 aromatic heterocycles. The third-order valence-corrected chi connectivity index (χ3v) is 5.31. The lowest BCUT2D eigenvalue weighted by atomic mass is 9.83. The van der Waals surface area contributed by atoms with Crippen molar-refractivity contribution in [1.29, 1.82) is 0 Å². The molecule has 3 aliphatic rings. The van der Waals surface area contributed by atoms with E-state index in [1.54, 1.807) is 6.08 Å². The second kappa shape index (κ2) is 5.44. The fraction of sp³-hybridized carbons (Fsp3) is 0.750. The Morgan fingerprint density at radius 3 is 2.62 bits per heavy atom. The lowest BCUT2D eigenvalue weighted by molar-refractivity contribution is -0.142. The molecule has 3 rings (SSSR count). The van der Waals surface area contributed by atoms with E-state index in [0.29, 0.717) is 12.5 Å². The van der Waals surface area contributed by atoms with E-state index in [4.69, 9.17) is 0 Å². The highest BCUT2D eigenvalue weighted by molar-refractivity contribution is 5.85. The van der Waals surface area contributed by atoms with Gasteiger partial charge in [0, 0.05) is 38.4 Å². The summed E-state index contributed by atoms with van der Waals surface area (Å²) in [5.41, 5.74) is -0.277. The smallest absolute Gasteiger partial charge is 0.241 e. The maximum Gasteiger partial charge on any atom is 0.241 e. The summed E-state index contributed by atoms with van der Waals surface area (Å²) in [6.45, 7) is 7.74. The lowest BCUT2D eigenvalue weighted by Gasteiger charge is -2.45. The number of rotatable bonds is 3. The SMILES string of the molecule is C=CCN1C(=O)C(C)NC12CCN(C(=O)C1CCC1)CC2. The van der Waals surface area contributed by atoms with Crippen LogP contribution in [0.15, 0.2) is 12.7 Å². The maximum absolute atomic E-state index is 12.3. The van der Waals surface area contributed by atoms with Gasteiger partial charge in [-0.1, -0.05) is 12.5 Å². The number of carbonyl (C=O) groups excluding carboxylic acids is 2. The standard InChI is InChI=1S/C16H25N3O2/c1-3-9-19-14(20)12(2)17-16(19)7-10-18(11-8-16)15(21)13-5-4-6-13/h3,12-13,17H,1,4-11H2,2H3. The molecule has 0 radical (unpaired) electrons. The van der Waals surface area contributed by atoms with Gasteiger partial charge in [-0.25, -0.2) is 0 Å². The third kappa shape index (κ3) is 2.37. The van der Waals surface area contributed by atoms with Crippen molar-refractivity contribution in [2.75, 3.05) is 19.6 Å².